The van der Waals surface area contributed by atoms with Crippen molar-refractivity contribution in [2.75, 3.05) is 6.61 Å². The Labute approximate surface area is 182 Å². The summed E-state index contributed by atoms with van der Waals surface area (Å²) in [6.07, 6.45) is -4.30. The molecule has 33 heavy (non-hydrogen) atoms. The molecule has 0 aliphatic heterocycles. The first kappa shape index (κ1) is 23.9. The van der Waals surface area contributed by atoms with Crippen LogP contribution in [0.1, 0.15) is 23.6 Å². The van der Waals surface area contributed by atoms with Crippen LogP contribution in [-0.4, -0.2) is 6.61 Å². The third kappa shape index (κ3) is 5.37. The van der Waals surface area contributed by atoms with Gasteiger partial charge in [-0.2, -0.15) is 8.78 Å². The van der Waals surface area contributed by atoms with Gasteiger partial charge in [-0.25, -0.2) is 26.3 Å². The molecule has 0 amide bonds. The molecule has 10 heteroatoms. The second-order valence-corrected chi connectivity index (χ2v) is 6.46. The number of benzene rings is 3. The lowest BCUT2D eigenvalue weighted by atomic mass is 10.1. The Kier molecular flexibility index (Phi) is 6.81. The molecule has 0 spiro atoms. The first-order valence-electron chi connectivity index (χ1n) is 9.17. The number of hydrogen-bond donors (Lipinski definition) is 0. The third-order valence-corrected chi connectivity index (χ3v) is 4.14. The van der Waals surface area contributed by atoms with Crippen LogP contribution in [0.4, 0.5) is 35.1 Å². The summed E-state index contributed by atoms with van der Waals surface area (Å²) in [7, 11) is 0. The normalized spacial score (nSPS) is 11.1. The van der Waals surface area contributed by atoms with Gasteiger partial charge in [0.1, 0.15) is 34.5 Å². The number of halogens is 8. The van der Waals surface area contributed by atoms with Gasteiger partial charge in [0, 0.05) is 23.8 Å². The van der Waals surface area contributed by atoms with Crippen molar-refractivity contribution in [1.82, 2.24) is 0 Å². The van der Waals surface area contributed by atoms with Gasteiger partial charge in [0.25, 0.3) is 0 Å². The van der Waals surface area contributed by atoms with Crippen molar-refractivity contribution in [3.63, 3.8) is 0 Å². The summed E-state index contributed by atoms with van der Waals surface area (Å²) >= 11 is 0. The van der Waals surface area contributed by atoms with Gasteiger partial charge in [-0.3, -0.25) is 0 Å². The van der Waals surface area contributed by atoms with E-state index in [4.69, 9.17) is 4.74 Å². The lowest BCUT2D eigenvalue weighted by molar-refractivity contribution is -0.187. The van der Waals surface area contributed by atoms with Crippen LogP contribution < -0.4 is 9.47 Å². The van der Waals surface area contributed by atoms with E-state index < -0.39 is 63.5 Å². The fraction of sp³-hybridized carbons (Fsp3) is 0.130. The van der Waals surface area contributed by atoms with Gasteiger partial charge in [0.05, 0.1) is 12.2 Å². The van der Waals surface area contributed by atoms with Crippen molar-refractivity contribution in [3.05, 3.63) is 94.1 Å². The first-order chi connectivity index (χ1) is 15.5. The molecule has 0 heterocycles. The quantitative estimate of drug-likeness (QED) is 0.242. The molecule has 3 aromatic rings. The Balaban J connectivity index is 1.88. The van der Waals surface area contributed by atoms with Crippen LogP contribution in [0.3, 0.4) is 0 Å². The Bertz CT molecular complexity index is 1220. The average Bonchev–Trinajstić information content (AvgIpc) is 2.71. The summed E-state index contributed by atoms with van der Waals surface area (Å²) in [5.74, 6) is -6.11. The van der Waals surface area contributed by atoms with Crippen LogP contribution in [0, 0.1) is 46.7 Å². The lowest BCUT2D eigenvalue weighted by Crippen LogP contribution is -2.23. The molecule has 0 saturated carbocycles. The molecule has 3 aromatic carbocycles. The highest BCUT2D eigenvalue weighted by Crippen LogP contribution is 2.35. The molecular weight excluding hydrogens is 460 g/mol. The SMILES string of the molecule is CCOc1ccc(C(F)(F)Oc2cc(F)c(C#Cc3cc(F)c(F)c(F)c3)c(F)c2)c(F)c1. The zero-order chi connectivity index (χ0) is 24.3. The third-order valence-electron chi connectivity index (χ3n) is 4.14. The predicted molar refractivity (Wildman–Crippen MR) is 101 cm³/mol. The molecule has 2 nitrogen and oxygen atoms in total. The number of alkyl halides is 2. The van der Waals surface area contributed by atoms with Crippen molar-refractivity contribution in [3.8, 4) is 23.3 Å². The molecule has 0 atom stereocenters. The van der Waals surface area contributed by atoms with Crippen LogP contribution in [0.15, 0.2) is 42.5 Å². The highest BCUT2D eigenvalue weighted by molar-refractivity contribution is 5.46. The average molecular weight is 472 g/mol. The lowest BCUT2D eigenvalue weighted by Gasteiger charge is -2.19. The van der Waals surface area contributed by atoms with Crippen LogP contribution in [0.25, 0.3) is 0 Å². The number of ether oxygens (including phenoxy) is 2. The number of hydrogen-bond acceptors (Lipinski definition) is 2. The minimum atomic E-state index is -4.30. The van der Waals surface area contributed by atoms with Crippen molar-refractivity contribution in [2.45, 2.75) is 13.0 Å². The molecule has 0 radical (unpaired) electrons. The van der Waals surface area contributed by atoms with E-state index >= 15 is 0 Å². The van der Waals surface area contributed by atoms with E-state index in [0.29, 0.717) is 36.4 Å². The van der Waals surface area contributed by atoms with Crippen molar-refractivity contribution in [2.24, 2.45) is 0 Å². The zero-order valence-corrected chi connectivity index (χ0v) is 16.6. The fourth-order valence-corrected chi connectivity index (χ4v) is 2.68. The molecular formula is C23H12F8O2. The van der Waals surface area contributed by atoms with Crippen LogP contribution in [0.5, 0.6) is 11.5 Å². The standard InChI is InChI=1S/C23H12F8O2/c1-2-32-13-4-6-16(19(26)9-13)23(30,31)33-14-10-17(24)15(18(25)11-14)5-3-12-7-20(27)22(29)21(28)8-12/h4,6-11H,2H2,1H3. The van der Waals surface area contributed by atoms with E-state index in [1.54, 1.807) is 6.92 Å². The van der Waals surface area contributed by atoms with Gasteiger partial charge < -0.3 is 9.47 Å². The minimum Gasteiger partial charge on any atom is -0.494 e. The first-order valence-corrected chi connectivity index (χ1v) is 9.17. The maximum absolute atomic E-state index is 14.4. The summed E-state index contributed by atoms with van der Waals surface area (Å²) in [4.78, 5) is 0. The van der Waals surface area contributed by atoms with Gasteiger partial charge >= 0.3 is 6.11 Å². The van der Waals surface area contributed by atoms with E-state index in [2.05, 4.69) is 4.74 Å². The van der Waals surface area contributed by atoms with E-state index in [1.165, 1.54) is 0 Å². The molecule has 0 aliphatic rings. The van der Waals surface area contributed by atoms with E-state index in [0.717, 1.165) is 6.07 Å². The van der Waals surface area contributed by atoms with Crippen molar-refractivity contribution in [1.29, 1.82) is 0 Å². The summed E-state index contributed by atoms with van der Waals surface area (Å²) in [5, 5.41) is 0. The molecule has 172 valence electrons. The highest BCUT2D eigenvalue weighted by atomic mass is 19.3. The van der Waals surface area contributed by atoms with Crippen molar-refractivity contribution < 1.29 is 44.6 Å². The maximum atomic E-state index is 14.4. The molecule has 0 aliphatic carbocycles. The molecule has 0 saturated heterocycles. The fourth-order valence-electron chi connectivity index (χ4n) is 2.68. The van der Waals surface area contributed by atoms with Gasteiger partial charge in [0.15, 0.2) is 17.5 Å². The Morgan fingerprint density at radius 2 is 1.30 bits per heavy atom. The Hall–Kier alpha value is -3.74. The summed E-state index contributed by atoms with van der Waals surface area (Å²) in [5.41, 5.74) is -2.55. The topological polar surface area (TPSA) is 18.5 Å². The van der Waals surface area contributed by atoms with E-state index in [1.807, 2.05) is 11.8 Å². The largest absolute Gasteiger partial charge is 0.494 e. The Morgan fingerprint density at radius 3 is 1.85 bits per heavy atom. The molecule has 0 unspecified atom stereocenters. The van der Waals surface area contributed by atoms with Gasteiger partial charge in [-0.1, -0.05) is 11.8 Å². The summed E-state index contributed by atoms with van der Waals surface area (Å²) in [6.45, 7) is 1.78. The smallest absolute Gasteiger partial charge is 0.429 e. The summed E-state index contributed by atoms with van der Waals surface area (Å²) in [6, 6.07) is 4.24. The van der Waals surface area contributed by atoms with Gasteiger partial charge in [0.2, 0.25) is 0 Å². The molecule has 0 N–H and O–H groups in total. The van der Waals surface area contributed by atoms with Crippen molar-refractivity contribution >= 4 is 0 Å². The van der Waals surface area contributed by atoms with Gasteiger partial charge in [-0.15, -0.1) is 0 Å². The summed E-state index contributed by atoms with van der Waals surface area (Å²) < 4.78 is 120. The predicted octanol–water partition coefficient (Wildman–Crippen LogP) is 6.45. The minimum absolute atomic E-state index is 0.00418. The second-order valence-electron chi connectivity index (χ2n) is 6.46. The van der Waals surface area contributed by atoms with Crippen LogP contribution in [-0.2, 0) is 6.11 Å². The van der Waals surface area contributed by atoms with Crippen LogP contribution >= 0.6 is 0 Å². The van der Waals surface area contributed by atoms with Crippen LogP contribution in [0.2, 0.25) is 0 Å². The molecule has 0 aromatic heterocycles. The van der Waals surface area contributed by atoms with Gasteiger partial charge in [-0.05, 0) is 31.2 Å². The Morgan fingerprint density at radius 1 is 0.727 bits per heavy atom. The zero-order valence-electron chi connectivity index (χ0n) is 16.6. The molecule has 0 bridgehead atoms. The number of rotatable bonds is 5. The molecule has 0 fully saturated rings. The maximum Gasteiger partial charge on any atom is 0.429 e. The monoisotopic (exact) mass is 472 g/mol. The van der Waals surface area contributed by atoms with E-state index in [9.17, 15) is 35.1 Å². The second kappa shape index (κ2) is 9.40. The highest BCUT2D eigenvalue weighted by Gasteiger charge is 2.38. The van der Waals surface area contributed by atoms with E-state index in [-0.39, 0.29) is 12.4 Å². The molecule has 3 rings (SSSR count).